The van der Waals surface area contributed by atoms with E-state index in [-0.39, 0.29) is 11.7 Å². The summed E-state index contributed by atoms with van der Waals surface area (Å²) in [7, 11) is 0. The number of hydrogen-bond acceptors (Lipinski definition) is 3. The number of nitrogens with zero attached hydrogens (tertiary/aromatic N) is 1. The molecule has 0 aromatic heterocycles. The second-order valence-electron chi connectivity index (χ2n) is 5.85. The first-order valence-electron chi connectivity index (χ1n) is 6.18. The molecule has 1 aliphatic carbocycles. The van der Waals surface area contributed by atoms with E-state index in [1.165, 1.54) is 12.8 Å². The SMILES string of the molecule is CC(C)(C)OC(=O)N1CC[C@H](NC2CC2)C1. The first kappa shape index (κ1) is 11.7. The average Bonchev–Trinajstić information content (AvgIpc) is 2.78. The van der Waals surface area contributed by atoms with Crippen molar-refractivity contribution in [2.24, 2.45) is 0 Å². The Bertz CT molecular complexity index is 269. The van der Waals surface area contributed by atoms with Crippen molar-refractivity contribution in [1.29, 1.82) is 0 Å². The smallest absolute Gasteiger partial charge is 0.410 e. The molecule has 0 radical (unpaired) electrons. The summed E-state index contributed by atoms with van der Waals surface area (Å²) in [5.41, 5.74) is -0.390. The van der Waals surface area contributed by atoms with Gasteiger partial charge in [-0.05, 0) is 40.0 Å². The first-order valence-corrected chi connectivity index (χ1v) is 6.18. The molecule has 1 amide bonds. The summed E-state index contributed by atoms with van der Waals surface area (Å²) in [6.07, 6.45) is 3.47. The van der Waals surface area contributed by atoms with Gasteiger partial charge >= 0.3 is 6.09 Å². The lowest BCUT2D eigenvalue weighted by Gasteiger charge is -2.24. The fourth-order valence-electron chi connectivity index (χ4n) is 1.97. The molecule has 2 fully saturated rings. The standard InChI is InChI=1S/C12H22N2O2/c1-12(2,3)16-11(15)14-7-6-10(8-14)13-9-4-5-9/h9-10,13H,4-8H2,1-3H3/t10-/m0/s1. The Kier molecular flexibility index (Phi) is 3.10. The molecule has 1 atom stereocenters. The summed E-state index contributed by atoms with van der Waals surface area (Å²) in [6, 6.07) is 1.18. The van der Waals surface area contributed by atoms with Gasteiger partial charge in [0.25, 0.3) is 0 Å². The molecule has 1 heterocycles. The van der Waals surface area contributed by atoms with Crippen molar-refractivity contribution < 1.29 is 9.53 Å². The third-order valence-electron chi connectivity index (χ3n) is 2.89. The van der Waals surface area contributed by atoms with E-state index >= 15 is 0 Å². The minimum Gasteiger partial charge on any atom is -0.444 e. The Hall–Kier alpha value is -0.770. The van der Waals surface area contributed by atoms with Gasteiger partial charge in [-0.25, -0.2) is 4.79 Å². The predicted molar refractivity (Wildman–Crippen MR) is 62.4 cm³/mol. The Morgan fingerprint density at radius 3 is 2.50 bits per heavy atom. The van der Waals surface area contributed by atoms with Crippen LogP contribution in [0.2, 0.25) is 0 Å². The van der Waals surface area contributed by atoms with Gasteiger partial charge in [-0.1, -0.05) is 0 Å². The van der Waals surface area contributed by atoms with Crippen molar-refractivity contribution in [3.8, 4) is 0 Å². The molecule has 0 bridgehead atoms. The van der Waals surface area contributed by atoms with Gasteiger partial charge in [-0.3, -0.25) is 0 Å². The van der Waals surface area contributed by atoms with E-state index in [0.717, 1.165) is 19.5 Å². The highest BCUT2D eigenvalue weighted by Gasteiger charge is 2.32. The molecule has 0 spiro atoms. The van der Waals surface area contributed by atoms with Crippen LogP contribution in [-0.2, 0) is 4.74 Å². The van der Waals surface area contributed by atoms with Crippen LogP contribution in [0.4, 0.5) is 4.79 Å². The molecule has 4 nitrogen and oxygen atoms in total. The first-order chi connectivity index (χ1) is 7.44. The van der Waals surface area contributed by atoms with Crippen LogP contribution in [-0.4, -0.2) is 41.8 Å². The fraction of sp³-hybridized carbons (Fsp3) is 0.917. The monoisotopic (exact) mass is 226 g/mol. The molecular formula is C12H22N2O2. The third-order valence-corrected chi connectivity index (χ3v) is 2.89. The maximum atomic E-state index is 11.8. The summed E-state index contributed by atoms with van der Waals surface area (Å²) in [5, 5.41) is 3.55. The summed E-state index contributed by atoms with van der Waals surface area (Å²) < 4.78 is 5.35. The number of rotatable bonds is 2. The molecular weight excluding hydrogens is 204 g/mol. The lowest BCUT2D eigenvalue weighted by molar-refractivity contribution is 0.0291. The molecule has 0 aromatic carbocycles. The highest BCUT2D eigenvalue weighted by molar-refractivity contribution is 5.68. The Balaban J connectivity index is 1.76. The van der Waals surface area contributed by atoms with E-state index in [0.29, 0.717) is 12.1 Å². The van der Waals surface area contributed by atoms with Crippen LogP contribution >= 0.6 is 0 Å². The van der Waals surface area contributed by atoms with Gasteiger partial charge in [0.1, 0.15) is 5.60 Å². The minimum atomic E-state index is -0.390. The van der Waals surface area contributed by atoms with Crippen molar-refractivity contribution in [2.45, 2.75) is 57.7 Å². The van der Waals surface area contributed by atoms with E-state index in [9.17, 15) is 4.79 Å². The second kappa shape index (κ2) is 4.24. The van der Waals surface area contributed by atoms with Crippen molar-refractivity contribution in [1.82, 2.24) is 10.2 Å². The molecule has 0 aromatic rings. The van der Waals surface area contributed by atoms with Gasteiger partial charge in [0, 0.05) is 25.2 Å². The van der Waals surface area contributed by atoms with Crippen molar-refractivity contribution >= 4 is 6.09 Å². The molecule has 4 heteroatoms. The van der Waals surface area contributed by atoms with E-state index in [4.69, 9.17) is 4.74 Å². The number of nitrogens with one attached hydrogen (secondary N) is 1. The molecule has 1 saturated carbocycles. The van der Waals surface area contributed by atoms with E-state index in [1.807, 2.05) is 25.7 Å². The van der Waals surface area contributed by atoms with Gasteiger partial charge < -0.3 is 15.0 Å². The molecule has 1 aliphatic heterocycles. The molecule has 2 aliphatic rings. The summed E-state index contributed by atoms with van der Waals surface area (Å²) in [6.45, 7) is 7.33. The largest absolute Gasteiger partial charge is 0.444 e. The molecule has 0 unspecified atom stereocenters. The summed E-state index contributed by atoms with van der Waals surface area (Å²) >= 11 is 0. The molecule has 16 heavy (non-hydrogen) atoms. The molecule has 2 rings (SSSR count). The zero-order valence-corrected chi connectivity index (χ0v) is 10.5. The maximum absolute atomic E-state index is 11.8. The third kappa shape index (κ3) is 3.37. The van der Waals surface area contributed by atoms with E-state index in [2.05, 4.69) is 5.32 Å². The number of ether oxygens (including phenoxy) is 1. The van der Waals surface area contributed by atoms with Crippen molar-refractivity contribution in [3.63, 3.8) is 0 Å². The van der Waals surface area contributed by atoms with Gasteiger partial charge in [-0.2, -0.15) is 0 Å². The second-order valence-corrected chi connectivity index (χ2v) is 5.85. The molecule has 1 saturated heterocycles. The highest BCUT2D eigenvalue weighted by Crippen LogP contribution is 2.22. The average molecular weight is 226 g/mol. The van der Waals surface area contributed by atoms with E-state index in [1.54, 1.807) is 0 Å². The van der Waals surface area contributed by atoms with Crippen molar-refractivity contribution in [3.05, 3.63) is 0 Å². The van der Waals surface area contributed by atoms with Gasteiger partial charge in [-0.15, -0.1) is 0 Å². The number of carbonyl (C=O) groups is 1. The van der Waals surface area contributed by atoms with Crippen LogP contribution < -0.4 is 5.32 Å². The lowest BCUT2D eigenvalue weighted by Crippen LogP contribution is -2.38. The molecule has 92 valence electrons. The zero-order chi connectivity index (χ0) is 11.8. The Labute approximate surface area is 97.3 Å². The highest BCUT2D eigenvalue weighted by atomic mass is 16.6. The lowest BCUT2D eigenvalue weighted by atomic mass is 10.2. The number of hydrogen-bond donors (Lipinski definition) is 1. The normalized spacial score (nSPS) is 25.9. The van der Waals surface area contributed by atoms with E-state index < -0.39 is 0 Å². The summed E-state index contributed by atoms with van der Waals surface area (Å²) in [4.78, 5) is 13.6. The van der Waals surface area contributed by atoms with Crippen LogP contribution in [0.1, 0.15) is 40.0 Å². The predicted octanol–water partition coefficient (Wildman–Crippen LogP) is 1.75. The quantitative estimate of drug-likeness (QED) is 0.780. The van der Waals surface area contributed by atoms with Crippen molar-refractivity contribution in [2.75, 3.05) is 13.1 Å². The topological polar surface area (TPSA) is 41.6 Å². The van der Waals surface area contributed by atoms with Crippen LogP contribution in [0.3, 0.4) is 0 Å². The Morgan fingerprint density at radius 1 is 1.25 bits per heavy atom. The maximum Gasteiger partial charge on any atom is 0.410 e. The number of carbonyl (C=O) groups excluding carboxylic acids is 1. The minimum absolute atomic E-state index is 0.174. The Morgan fingerprint density at radius 2 is 1.94 bits per heavy atom. The van der Waals surface area contributed by atoms with Crippen LogP contribution in [0, 0.1) is 0 Å². The van der Waals surface area contributed by atoms with Crippen LogP contribution in [0.25, 0.3) is 0 Å². The number of amides is 1. The fourth-order valence-corrected chi connectivity index (χ4v) is 1.97. The van der Waals surface area contributed by atoms with Crippen LogP contribution in [0.5, 0.6) is 0 Å². The van der Waals surface area contributed by atoms with Gasteiger partial charge in [0.15, 0.2) is 0 Å². The summed E-state index contributed by atoms with van der Waals surface area (Å²) in [5.74, 6) is 0. The van der Waals surface area contributed by atoms with Crippen LogP contribution in [0.15, 0.2) is 0 Å². The number of likely N-dealkylation sites (tertiary alicyclic amines) is 1. The van der Waals surface area contributed by atoms with Gasteiger partial charge in [0.2, 0.25) is 0 Å². The molecule has 1 N–H and O–H groups in total. The zero-order valence-electron chi connectivity index (χ0n) is 10.5. The van der Waals surface area contributed by atoms with Gasteiger partial charge in [0.05, 0.1) is 0 Å².